The quantitative estimate of drug-likeness (QED) is 0.801. The van der Waals surface area contributed by atoms with Crippen LogP contribution in [0.25, 0.3) is 0 Å². The van der Waals surface area contributed by atoms with E-state index in [0.717, 1.165) is 19.3 Å². The van der Waals surface area contributed by atoms with Gasteiger partial charge < -0.3 is 10.5 Å². The third-order valence-electron chi connectivity index (χ3n) is 3.47. The number of anilines is 1. The standard InChI is InChI=1S/C14H21BrN2O3S/c1-2-8-20-12-4-3-7-17(10-12)21(18,19)14-9-11(16)5-6-13(14)15/h5-6,9,12H,2-4,7-8,10,16H2,1H3. The van der Waals surface area contributed by atoms with Gasteiger partial charge >= 0.3 is 0 Å². The van der Waals surface area contributed by atoms with Gasteiger partial charge in [-0.1, -0.05) is 6.92 Å². The van der Waals surface area contributed by atoms with Crippen LogP contribution in [0.4, 0.5) is 5.69 Å². The van der Waals surface area contributed by atoms with Crippen molar-refractivity contribution < 1.29 is 13.2 Å². The minimum absolute atomic E-state index is 0.0201. The number of ether oxygens (including phenoxy) is 1. The van der Waals surface area contributed by atoms with Gasteiger partial charge in [-0.05, 0) is 53.4 Å². The topological polar surface area (TPSA) is 72.6 Å². The Morgan fingerprint density at radius 3 is 2.95 bits per heavy atom. The van der Waals surface area contributed by atoms with Gasteiger partial charge in [0.15, 0.2) is 0 Å². The Morgan fingerprint density at radius 2 is 2.24 bits per heavy atom. The van der Waals surface area contributed by atoms with Gasteiger partial charge in [0, 0.05) is 29.9 Å². The minimum atomic E-state index is -3.55. The highest BCUT2D eigenvalue weighted by Gasteiger charge is 2.31. The van der Waals surface area contributed by atoms with Crippen LogP contribution in [0.2, 0.25) is 0 Å². The Bertz CT molecular complexity index is 592. The van der Waals surface area contributed by atoms with E-state index < -0.39 is 10.0 Å². The van der Waals surface area contributed by atoms with Gasteiger partial charge in [-0.15, -0.1) is 0 Å². The summed E-state index contributed by atoms with van der Waals surface area (Å²) in [6, 6.07) is 4.83. The van der Waals surface area contributed by atoms with Crippen LogP contribution in [0.15, 0.2) is 27.6 Å². The van der Waals surface area contributed by atoms with Crippen molar-refractivity contribution in [2.24, 2.45) is 0 Å². The maximum Gasteiger partial charge on any atom is 0.244 e. The maximum atomic E-state index is 12.8. The Balaban J connectivity index is 2.20. The fraction of sp³-hybridized carbons (Fsp3) is 0.571. The predicted molar refractivity (Wildman–Crippen MR) is 86.6 cm³/mol. The molecule has 1 aliphatic rings. The number of piperidine rings is 1. The first-order valence-electron chi connectivity index (χ1n) is 7.12. The molecule has 2 rings (SSSR count). The molecular formula is C14H21BrN2O3S. The summed E-state index contributed by atoms with van der Waals surface area (Å²) < 4.78 is 33.3. The molecule has 0 radical (unpaired) electrons. The van der Waals surface area contributed by atoms with Crippen LogP contribution in [-0.4, -0.2) is 38.5 Å². The third kappa shape index (κ3) is 3.97. The molecule has 0 aliphatic carbocycles. The number of hydrogen-bond donors (Lipinski definition) is 1. The molecule has 1 unspecified atom stereocenters. The molecule has 1 aromatic rings. The van der Waals surface area contributed by atoms with E-state index in [4.69, 9.17) is 10.5 Å². The molecule has 2 N–H and O–H groups in total. The van der Waals surface area contributed by atoms with Crippen molar-refractivity contribution in [3.63, 3.8) is 0 Å². The van der Waals surface area contributed by atoms with E-state index in [1.165, 1.54) is 10.4 Å². The highest BCUT2D eigenvalue weighted by atomic mass is 79.9. The van der Waals surface area contributed by atoms with Crippen molar-refractivity contribution >= 4 is 31.6 Å². The Hall–Kier alpha value is -0.630. The molecule has 1 fully saturated rings. The molecule has 21 heavy (non-hydrogen) atoms. The second-order valence-corrected chi connectivity index (χ2v) is 7.95. The number of nitrogen functional groups attached to an aromatic ring is 1. The fourth-order valence-corrected chi connectivity index (χ4v) is 4.87. The lowest BCUT2D eigenvalue weighted by Gasteiger charge is -2.32. The molecule has 1 aliphatic heterocycles. The zero-order chi connectivity index (χ0) is 15.5. The second-order valence-electron chi connectivity index (χ2n) is 5.19. The molecule has 1 atom stereocenters. The molecule has 0 spiro atoms. The maximum absolute atomic E-state index is 12.8. The van der Waals surface area contributed by atoms with E-state index in [0.29, 0.717) is 29.9 Å². The molecule has 7 heteroatoms. The minimum Gasteiger partial charge on any atom is -0.399 e. The van der Waals surface area contributed by atoms with Crippen molar-refractivity contribution in [2.75, 3.05) is 25.4 Å². The fourth-order valence-electron chi connectivity index (χ4n) is 2.40. The molecule has 0 amide bonds. The van der Waals surface area contributed by atoms with Gasteiger partial charge in [0.2, 0.25) is 10.0 Å². The highest BCUT2D eigenvalue weighted by molar-refractivity contribution is 9.10. The summed E-state index contributed by atoms with van der Waals surface area (Å²) in [7, 11) is -3.55. The summed E-state index contributed by atoms with van der Waals surface area (Å²) in [5.74, 6) is 0. The first kappa shape index (κ1) is 16.7. The van der Waals surface area contributed by atoms with E-state index >= 15 is 0 Å². The summed E-state index contributed by atoms with van der Waals surface area (Å²) in [5, 5.41) is 0. The first-order valence-corrected chi connectivity index (χ1v) is 9.35. The van der Waals surface area contributed by atoms with Gasteiger partial charge in [-0.3, -0.25) is 0 Å². The van der Waals surface area contributed by atoms with Crippen molar-refractivity contribution in [3.05, 3.63) is 22.7 Å². The van der Waals surface area contributed by atoms with Crippen LogP contribution >= 0.6 is 15.9 Å². The van der Waals surface area contributed by atoms with Gasteiger partial charge in [-0.2, -0.15) is 4.31 Å². The molecule has 0 aromatic heterocycles. The lowest BCUT2D eigenvalue weighted by Crippen LogP contribution is -2.43. The van der Waals surface area contributed by atoms with E-state index in [1.54, 1.807) is 12.1 Å². The van der Waals surface area contributed by atoms with Crippen molar-refractivity contribution in [1.82, 2.24) is 4.31 Å². The zero-order valence-corrected chi connectivity index (χ0v) is 14.5. The molecule has 118 valence electrons. The largest absolute Gasteiger partial charge is 0.399 e. The average molecular weight is 377 g/mol. The summed E-state index contributed by atoms with van der Waals surface area (Å²) in [5.41, 5.74) is 6.16. The van der Waals surface area contributed by atoms with Crippen LogP contribution in [0.5, 0.6) is 0 Å². The SMILES string of the molecule is CCCOC1CCCN(S(=O)(=O)c2cc(N)ccc2Br)C1. The van der Waals surface area contributed by atoms with Gasteiger partial charge in [0.25, 0.3) is 0 Å². The van der Waals surface area contributed by atoms with Gasteiger partial charge in [0.05, 0.1) is 11.0 Å². The summed E-state index contributed by atoms with van der Waals surface area (Å²) in [4.78, 5) is 0.221. The number of nitrogens with zero attached hydrogens (tertiary/aromatic N) is 1. The Morgan fingerprint density at radius 1 is 1.48 bits per heavy atom. The van der Waals surface area contributed by atoms with Crippen molar-refractivity contribution in [1.29, 1.82) is 0 Å². The van der Waals surface area contributed by atoms with Gasteiger partial charge in [0.1, 0.15) is 0 Å². The lowest BCUT2D eigenvalue weighted by atomic mass is 10.1. The average Bonchev–Trinajstić information content (AvgIpc) is 2.48. The van der Waals surface area contributed by atoms with E-state index in [1.807, 2.05) is 6.92 Å². The number of rotatable bonds is 5. The smallest absolute Gasteiger partial charge is 0.244 e. The number of benzene rings is 1. The van der Waals surface area contributed by atoms with E-state index in [9.17, 15) is 8.42 Å². The van der Waals surface area contributed by atoms with Crippen molar-refractivity contribution in [2.45, 2.75) is 37.2 Å². The second kappa shape index (κ2) is 7.09. The van der Waals surface area contributed by atoms with Gasteiger partial charge in [-0.25, -0.2) is 8.42 Å². The van der Waals surface area contributed by atoms with Crippen LogP contribution in [0.3, 0.4) is 0 Å². The first-order chi connectivity index (χ1) is 9.95. The summed E-state index contributed by atoms with van der Waals surface area (Å²) in [6.45, 7) is 3.64. The molecule has 1 saturated heterocycles. The molecule has 5 nitrogen and oxygen atoms in total. The molecule has 1 aromatic carbocycles. The van der Waals surface area contributed by atoms with Crippen LogP contribution in [0.1, 0.15) is 26.2 Å². The molecule has 0 bridgehead atoms. The zero-order valence-electron chi connectivity index (χ0n) is 12.1. The summed E-state index contributed by atoms with van der Waals surface area (Å²) >= 11 is 3.30. The molecule has 0 saturated carbocycles. The summed E-state index contributed by atoms with van der Waals surface area (Å²) in [6.07, 6.45) is 2.63. The third-order valence-corrected chi connectivity index (χ3v) is 6.33. The van der Waals surface area contributed by atoms with E-state index in [2.05, 4.69) is 15.9 Å². The number of sulfonamides is 1. The number of hydrogen-bond acceptors (Lipinski definition) is 4. The Labute approximate surface area is 134 Å². The van der Waals surface area contributed by atoms with Crippen molar-refractivity contribution in [3.8, 4) is 0 Å². The van der Waals surface area contributed by atoms with Crippen LogP contribution < -0.4 is 5.73 Å². The van der Waals surface area contributed by atoms with E-state index in [-0.39, 0.29) is 11.0 Å². The molecule has 1 heterocycles. The van der Waals surface area contributed by atoms with Crippen LogP contribution in [0, 0.1) is 0 Å². The number of halogens is 1. The lowest BCUT2D eigenvalue weighted by molar-refractivity contribution is 0.0193. The van der Waals surface area contributed by atoms with Crippen LogP contribution in [-0.2, 0) is 14.8 Å². The Kier molecular flexibility index (Phi) is 5.65. The monoisotopic (exact) mass is 376 g/mol. The highest BCUT2D eigenvalue weighted by Crippen LogP contribution is 2.29. The normalized spacial score (nSPS) is 20.6. The number of nitrogens with two attached hydrogens (primary N) is 1. The predicted octanol–water partition coefficient (Wildman–Crippen LogP) is 2.61. The molecular weight excluding hydrogens is 356 g/mol.